The van der Waals surface area contributed by atoms with Gasteiger partial charge in [-0.2, -0.15) is 0 Å². The van der Waals surface area contributed by atoms with E-state index in [0.29, 0.717) is 18.8 Å². The molecule has 1 aliphatic heterocycles. The second-order valence-corrected chi connectivity index (χ2v) is 8.31. The summed E-state index contributed by atoms with van der Waals surface area (Å²) in [6.07, 6.45) is 3.98. The van der Waals surface area contributed by atoms with Crippen LogP contribution >= 0.6 is 0 Å². The van der Waals surface area contributed by atoms with Crippen molar-refractivity contribution >= 4 is 6.09 Å². The van der Waals surface area contributed by atoms with Crippen LogP contribution in [0.1, 0.15) is 65.7 Å². The van der Waals surface area contributed by atoms with Crippen molar-refractivity contribution in [2.24, 2.45) is 5.92 Å². The third-order valence-corrected chi connectivity index (χ3v) is 4.87. The molecule has 24 heavy (non-hydrogen) atoms. The van der Waals surface area contributed by atoms with E-state index in [4.69, 9.17) is 4.74 Å². The average Bonchev–Trinajstić information content (AvgIpc) is 2.48. The van der Waals surface area contributed by atoms with E-state index in [-0.39, 0.29) is 25.0 Å². The summed E-state index contributed by atoms with van der Waals surface area (Å²) in [6.45, 7) is 7.97. The number of halogens is 2. The van der Waals surface area contributed by atoms with Crippen LogP contribution in [-0.2, 0) is 4.74 Å². The monoisotopic (exact) mass is 346 g/mol. The van der Waals surface area contributed by atoms with E-state index in [0.717, 1.165) is 38.9 Å². The number of hydrogen-bond donors (Lipinski definition) is 1. The summed E-state index contributed by atoms with van der Waals surface area (Å²) in [5.41, 5.74) is -0.464. The quantitative estimate of drug-likeness (QED) is 0.830. The third kappa shape index (κ3) is 6.54. The predicted octanol–water partition coefficient (Wildman–Crippen LogP) is 4.19. The number of nitrogens with one attached hydrogen (secondary N) is 1. The number of likely N-dealkylation sites (tertiary alicyclic amines) is 1. The molecule has 1 amide bonds. The Morgan fingerprint density at radius 3 is 2.54 bits per heavy atom. The van der Waals surface area contributed by atoms with Gasteiger partial charge in [0.1, 0.15) is 5.60 Å². The Balaban J connectivity index is 1.67. The van der Waals surface area contributed by atoms with Crippen molar-refractivity contribution in [2.45, 2.75) is 83.3 Å². The first kappa shape index (κ1) is 19.4. The lowest BCUT2D eigenvalue weighted by Crippen LogP contribution is -2.44. The summed E-state index contributed by atoms with van der Waals surface area (Å²) in [5.74, 6) is -2.00. The van der Waals surface area contributed by atoms with Gasteiger partial charge in [0, 0.05) is 32.0 Å². The minimum Gasteiger partial charge on any atom is -0.444 e. The maximum atomic E-state index is 13.1. The number of carbonyl (C=O) groups excluding carboxylic acids is 1. The number of nitrogens with zero attached hydrogens (tertiary/aromatic N) is 1. The molecule has 4 nitrogen and oxygen atoms in total. The zero-order chi connectivity index (χ0) is 17.8. The number of hydrogen-bond acceptors (Lipinski definition) is 3. The average molecular weight is 346 g/mol. The van der Waals surface area contributed by atoms with Crippen LogP contribution in [0.4, 0.5) is 13.6 Å². The van der Waals surface area contributed by atoms with Gasteiger partial charge in [0.05, 0.1) is 0 Å². The molecule has 1 aliphatic carbocycles. The standard InChI is InChI=1S/C18H32F2N2O2/c1-17(2,3)24-16(23)22-12-4-5-14(13-22)8-11-21-15-6-9-18(19,20)10-7-15/h14-15,21H,4-13H2,1-3H3/t14-/m1/s1. The van der Waals surface area contributed by atoms with Crippen LogP contribution in [0.15, 0.2) is 0 Å². The molecule has 140 valence electrons. The van der Waals surface area contributed by atoms with Crippen LogP contribution in [0.2, 0.25) is 0 Å². The van der Waals surface area contributed by atoms with Crippen LogP contribution in [0.3, 0.4) is 0 Å². The van der Waals surface area contributed by atoms with Crippen molar-refractivity contribution in [3.05, 3.63) is 0 Å². The van der Waals surface area contributed by atoms with Crippen LogP contribution < -0.4 is 5.32 Å². The van der Waals surface area contributed by atoms with Gasteiger partial charge in [0.15, 0.2) is 0 Å². The highest BCUT2D eigenvalue weighted by Crippen LogP contribution is 2.33. The molecule has 0 aromatic rings. The highest BCUT2D eigenvalue weighted by molar-refractivity contribution is 5.68. The van der Waals surface area contributed by atoms with Crippen LogP contribution in [0.5, 0.6) is 0 Å². The molecular weight excluding hydrogens is 314 g/mol. The smallest absolute Gasteiger partial charge is 0.410 e. The highest BCUT2D eigenvalue weighted by atomic mass is 19.3. The SMILES string of the molecule is CC(C)(C)OC(=O)N1CCC[C@H](CCNC2CCC(F)(F)CC2)C1. The first-order chi connectivity index (χ1) is 11.1. The van der Waals surface area contributed by atoms with E-state index in [9.17, 15) is 13.6 Å². The number of ether oxygens (including phenoxy) is 1. The Morgan fingerprint density at radius 2 is 1.92 bits per heavy atom. The third-order valence-electron chi connectivity index (χ3n) is 4.87. The van der Waals surface area contributed by atoms with Crippen LogP contribution in [0.25, 0.3) is 0 Å². The first-order valence-corrected chi connectivity index (χ1v) is 9.24. The zero-order valence-corrected chi connectivity index (χ0v) is 15.2. The van der Waals surface area contributed by atoms with E-state index in [2.05, 4.69) is 5.32 Å². The molecule has 0 aromatic heterocycles. The molecule has 1 saturated heterocycles. The second-order valence-electron chi connectivity index (χ2n) is 8.31. The lowest BCUT2D eigenvalue weighted by atomic mass is 9.91. The van der Waals surface area contributed by atoms with Gasteiger partial charge in [-0.05, 0) is 65.3 Å². The van der Waals surface area contributed by atoms with E-state index < -0.39 is 11.5 Å². The normalized spacial score (nSPS) is 25.5. The number of piperidine rings is 1. The summed E-state index contributed by atoms with van der Waals surface area (Å²) in [4.78, 5) is 14.0. The molecule has 0 aromatic carbocycles. The van der Waals surface area contributed by atoms with Crippen LogP contribution in [-0.4, -0.2) is 48.2 Å². The fourth-order valence-electron chi connectivity index (χ4n) is 3.53. The summed E-state index contributed by atoms with van der Waals surface area (Å²) >= 11 is 0. The van der Waals surface area contributed by atoms with Gasteiger partial charge in [0.25, 0.3) is 0 Å². The molecule has 0 bridgehead atoms. The van der Waals surface area contributed by atoms with Gasteiger partial charge in [0.2, 0.25) is 5.92 Å². The predicted molar refractivity (Wildman–Crippen MR) is 90.4 cm³/mol. The van der Waals surface area contributed by atoms with E-state index >= 15 is 0 Å². The fraction of sp³-hybridized carbons (Fsp3) is 0.944. The van der Waals surface area contributed by atoms with Gasteiger partial charge in [-0.15, -0.1) is 0 Å². The largest absolute Gasteiger partial charge is 0.444 e. The van der Waals surface area contributed by atoms with E-state index in [1.54, 1.807) is 4.90 Å². The fourth-order valence-corrected chi connectivity index (χ4v) is 3.53. The molecule has 0 radical (unpaired) electrons. The topological polar surface area (TPSA) is 41.6 Å². The molecule has 1 atom stereocenters. The molecular formula is C18H32F2N2O2. The molecule has 2 aliphatic rings. The maximum Gasteiger partial charge on any atom is 0.410 e. The summed E-state index contributed by atoms with van der Waals surface area (Å²) in [7, 11) is 0. The van der Waals surface area contributed by atoms with Gasteiger partial charge >= 0.3 is 6.09 Å². The van der Waals surface area contributed by atoms with Crippen molar-refractivity contribution in [1.29, 1.82) is 0 Å². The lowest BCUT2D eigenvalue weighted by Gasteiger charge is -2.34. The Kier molecular flexibility index (Phi) is 6.46. The van der Waals surface area contributed by atoms with Crippen LogP contribution in [0, 0.1) is 5.92 Å². The maximum absolute atomic E-state index is 13.1. The lowest BCUT2D eigenvalue weighted by molar-refractivity contribution is -0.0404. The van der Waals surface area contributed by atoms with E-state index in [1.165, 1.54) is 0 Å². The van der Waals surface area contributed by atoms with Crippen molar-refractivity contribution in [3.63, 3.8) is 0 Å². The highest BCUT2D eigenvalue weighted by Gasteiger charge is 2.34. The van der Waals surface area contributed by atoms with Crippen molar-refractivity contribution < 1.29 is 18.3 Å². The number of amides is 1. The summed E-state index contributed by atoms with van der Waals surface area (Å²) in [6, 6.07) is 0.218. The van der Waals surface area contributed by atoms with Crippen molar-refractivity contribution in [2.75, 3.05) is 19.6 Å². The van der Waals surface area contributed by atoms with Gasteiger partial charge in [-0.25, -0.2) is 13.6 Å². The van der Waals surface area contributed by atoms with E-state index in [1.807, 2.05) is 20.8 Å². The molecule has 1 N–H and O–H groups in total. The zero-order valence-electron chi connectivity index (χ0n) is 15.2. The summed E-state index contributed by atoms with van der Waals surface area (Å²) < 4.78 is 31.7. The van der Waals surface area contributed by atoms with Gasteiger partial charge in [-0.1, -0.05) is 0 Å². The Labute approximate surface area is 144 Å². The number of alkyl halides is 2. The van der Waals surface area contributed by atoms with Gasteiger partial charge in [-0.3, -0.25) is 0 Å². The Morgan fingerprint density at radius 1 is 1.25 bits per heavy atom. The molecule has 1 heterocycles. The Bertz CT molecular complexity index is 414. The first-order valence-electron chi connectivity index (χ1n) is 9.24. The molecule has 1 saturated carbocycles. The molecule has 2 rings (SSSR count). The molecule has 0 spiro atoms. The minimum absolute atomic E-state index is 0.000513. The molecule has 2 fully saturated rings. The molecule has 0 unspecified atom stereocenters. The van der Waals surface area contributed by atoms with Crippen molar-refractivity contribution in [1.82, 2.24) is 10.2 Å². The summed E-state index contributed by atoms with van der Waals surface area (Å²) in [5, 5.41) is 3.42. The number of carbonyl (C=O) groups is 1. The molecule has 6 heteroatoms. The number of rotatable bonds is 4. The van der Waals surface area contributed by atoms with Crippen molar-refractivity contribution in [3.8, 4) is 0 Å². The second kappa shape index (κ2) is 7.98. The minimum atomic E-state index is -2.46. The Hall–Kier alpha value is -0.910. The van der Waals surface area contributed by atoms with Gasteiger partial charge < -0.3 is 15.0 Å².